The third-order valence-corrected chi connectivity index (χ3v) is 0.661. The minimum atomic E-state index is -0.549. The fraction of sp³-hybridized carbons (Fsp3) is 0.667. The molecular weight excluding hydrogens is 132 g/mol. The zero-order chi connectivity index (χ0) is 8.36. The van der Waals surface area contributed by atoms with Crippen LogP contribution < -0.4 is 11.0 Å². The molecule has 1 atom stereocenters. The van der Waals surface area contributed by atoms with Crippen LogP contribution in [0.5, 0.6) is 0 Å². The number of nitrogens with one attached hydrogen (secondary N) is 1. The lowest BCUT2D eigenvalue weighted by atomic mass is 10.2. The van der Waals surface area contributed by atoms with Gasteiger partial charge < -0.3 is 10.9 Å². The molecule has 0 radical (unpaired) electrons. The Balaban J connectivity index is 3.80. The van der Waals surface area contributed by atoms with E-state index in [4.69, 9.17) is 10.6 Å². The normalized spacial score (nSPS) is 14.8. The van der Waals surface area contributed by atoms with E-state index < -0.39 is 10.8 Å². The lowest BCUT2D eigenvalue weighted by molar-refractivity contribution is -1.03. The number of hydroxylamine groups is 2. The Morgan fingerprint density at radius 3 is 2.10 bits per heavy atom. The molecule has 0 rings (SSSR count). The molecule has 60 valence electrons. The number of hydrogen-bond acceptors (Lipinski definition) is 3. The highest BCUT2D eigenvalue weighted by molar-refractivity contribution is 4.67. The third-order valence-electron chi connectivity index (χ3n) is 0.661. The van der Waals surface area contributed by atoms with E-state index in [0.717, 1.165) is 0 Å². The lowest BCUT2D eigenvalue weighted by Gasteiger charge is -2.26. The molecule has 0 heterocycles. The summed E-state index contributed by atoms with van der Waals surface area (Å²) < 4.78 is 0. The van der Waals surface area contributed by atoms with Crippen LogP contribution in [0.4, 0.5) is 0 Å². The molecule has 0 saturated carbocycles. The van der Waals surface area contributed by atoms with Crippen LogP contribution in [0.3, 0.4) is 0 Å². The lowest BCUT2D eigenvalue weighted by Crippen LogP contribution is -3.06. The summed E-state index contributed by atoms with van der Waals surface area (Å²) >= 11 is 0. The van der Waals surface area contributed by atoms with Gasteiger partial charge >= 0.3 is 0 Å². The van der Waals surface area contributed by atoms with Crippen LogP contribution in [0.25, 0.3) is 0 Å². The van der Waals surface area contributed by atoms with Crippen LogP contribution >= 0.6 is 0 Å². The van der Waals surface area contributed by atoms with Crippen molar-refractivity contribution in [2.45, 2.75) is 26.4 Å². The Morgan fingerprint density at radius 1 is 1.60 bits per heavy atom. The van der Waals surface area contributed by atoms with Gasteiger partial charge in [0, 0.05) is 0 Å². The summed E-state index contributed by atoms with van der Waals surface area (Å²) in [6.45, 7) is 8.56. The van der Waals surface area contributed by atoms with Gasteiger partial charge in [-0.2, -0.15) is 10.1 Å². The summed E-state index contributed by atoms with van der Waals surface area (Å²) in [6.07, 6.45) is 0. The molecule has 10 heavy (non-hydrogen) atoms. The van der Waals surface area contributed by atoms with Crippen molar-refractivity contribution < 1.29 is 10.1 Å². The number of quaternary nitrogens is 1. The minimum absolute atomic E-state index is 0.0603. The van der Waals surface area contributed by atoms with Gasteiger partial charge in [-0.25, -0.2) is 0 Å². The highest BCUT2D eigenvalue weighted by Crippen LogP contribution is 2.00. The van der Waals surface area contributed by atoms with Crippen LogP contribution in [-0.2, 0) is 4.84 Å². The Labute approximate surface area is 60.8 Å². The quantitative estimate of drug-likeness (QED) is 0.518. The highest BCUT2D eigenvalue weighted by atomic mass is 16.9. The van der Waals surface area contributed by atoms with Crippen molar-refractivity contribution in [1.29, 1.82) is 0 Å². The van der Waals surface area contributed by atoms with Gasteiger partial charge in [0.05, 0.1) is 0 Å². The molecule has 3 N–H and O–H groups in total. The average molecular weight is 146 g/mol. The molecule has 0 spiro atoms. The van der Waals surface area contributed by atoms with Gasteiger partial charge in [-0.3, -0.25) is 0 Å². The molecule has 4 nitrogen and oxygen atoms in total. The monoisotopic (exact) mass is 146 g/mol. The van der Waals surface area contributed by atoms with E-state index in [1.807, 2.05) is 0 Å². The molecule has 0 amide bonds. The van der Waals surface area contributed by atoms with Gasteiger partial charge in [-0.15, -0.1) is 0 Å². The van der Waals surface area contributed by atoms with E-state index in [1.165, 1.54) is 0 Å². The molecule has 0 aliphatic heterocycles. The second kappa shape index (κ2) is 3.01. The van der Waals surface area contributed by atoms with E-state index >= 15 is 0 Å². The molecular formula is C6H14N2O2. The van der Waals surface area contributed by atoms with E-state index in [-0.39, 0.29) is 5.82 Å². The highest BCUT2D eigenvalue weighted by Gasteiger charge is 2.16. The van der Waals surface area contributed by atoms with Gasteiger partial charge in [0.1, 0.15) is 5.60 Å². The van der Waals surface area contributed by atoms with Crippen molar-refractivity contribution in [3.05, 3.63) is 17.6 Å². The Bertz CT molecular complexity index is 128. The molecule has 4 heteroatoms. The van der Waals surface area contributed by atoms with Gasteiger partial charge in [-0.05, 0) is 27.4 Å². The Morgan fingerprint density at radius 2 is 2.00 bits per heavy atom. The molecule has 0 aromatic rings. The number of nitrogens with two attached hydrogens (primary N) is 1. The predicted octanol–water partition coefficient (Wildman–Crippen LogP) is -0.471. The predicted molar refractivity (Wildman–Crippen MR) is 38.5 cm³/mol. The van der Waals surface area contributed by atoms with Crippen LogP contribution in [0, 0.1) is 5.21 Å². The molecule has 0 saturated heterocycles. The topological polar surface area (TPSA) is 62.8 Å². The van der Waals surface area contributed by atoms with E-state index in [9.17, 15) is 5.21 Å². The molecule has 0 bridgehead atoms. The van der Waals surface area contributed by atoms with Crippen molar-refractivity contribution in [2.75, 3.05) is 0 Å². The summed E-state index contributed by atoms with van der Waals surface area (Å²) in [4.78, 5) is 4.84. The summed E-state index contributed by atoms with van der Waals surface area (Å²) in [6, 6.07) is 0. The summed E-state index contributed by atoms with van der Waals surface area (Å²) in [5.74, 6) is -0.0603. The van der Waals surface area contributed by atoms with Crippen LogP contribution in [-0.4, -0.2) is 5.60 Å². The smallest absolute Gasteiger partial charge is 0.222 e. The molecule has 0 aromatic heterocycles. The molecule has 1 unspecified atom stereocenters. The van der Waals surface area contributed by atoms with Crippen LogP contribution in [0.1, 0.15) is 20.8 Å². The van der Waals surface area contributed by atoms with Crippen molar-refractivity contribution in [3.63, 3.8) is 0 Å². The summed E-state index contributed by atoms with van der Waals surface area (Å²) in [7, 11) is 0. The van der Waals surface area contributed by atoms with Crippen molar-refractivity contribution >= 4 is 0 Å². The Hall–Kier alpha value is -0.580. The minimum Gasteiger partial charge on any atom is -0.594 e. The second-order valence-corrected chi connectivity index (χ2v) is 3.03. The summed E-state index contributed by atoms with van der Waals surface area (Å²) in [5, 5.41) is 10.2. The fourth-order valence-electron chi connectivity index (χ4n) is 0.344. The zero-order valence-corrected chi connectivity index (χ0v) is 6.60. The van der Waals surface area contributed by atoms with Crippen molar-refractivity contribution in [1.82, 2.24) is 0 Å². The molecule has 0 aliphatic rings. The average Bonchev–Trinajstić information content (AvgIpc) is 1.60. The van der Waals surface area contributed by atoms with E-state index in [0.29, 0.717) is 0 Å². The number of rotatable bonds is 2. The van der Waals surface area contributed by atoms with E-state index in [1.54, 1.807) is 20.8 Å². The second-order valence-electron chi connectivity index (χ2n) is 3.03. The third kappa shape index (κ3) is 4.31. The largest absolute Gasteiger partial charge is 0.594 e. The van der Waals surface area contributed by atoms with Gasteiger partial charge in [-0.1, -0.05) is 0 Å². The first kappa shape index (κ1) is 9.42. The van der Waals surface area contributed by atoms with Gasteiger partial charge in [0.2, 0.25) is 5.82 Å². The Kier molecular flexibility index (Phi) is 2.83. The fourth-order valence-corrected chi connectivity index (χ4v) is 0.344. The molecule has 0 aliphatic carbocycles. The standard InChI is InChI=1S/C6H14N2O2/c1-5(7)8(9)10-6(2,3)4/h8H,1,7H2,2-4H3. The number of hydrogen-bond donors (Lipinski definition) is 2. The zero-order valence-electron chi connectivity index (χ0n) is 6.60. The van der Waals surface area contributed by atoms with Gasteiger partial charge in [0.15, 0.2) is 0 Å². The maximum absolute atomic E-state index is 10.7. The van der Waals surface area contributed by atoms with Crippen LogP contribution in [0.2, 0.25) is 0 Å². The van der Waals surface area contributed by atoms with Crippen molar-refractivity contribution in [3.8, 4) is 0 Å². The SMILES string of the molecule is C=C(N)[NH+]([O-])OC(C)(C)C. The maximum atomic E-state index is 10.7. The first-order valence-electron chi connectivity index (χ1n) is 3.00. The van der Waals surface area contributed by atoms with Gasteiger partial charge in [0.25, 0.3) is 0 Å². The first-order valence-corrected chi connectivity index (χ1v) is 3.00. The summed E-state index contributed by atoms with van der Waals surface area (Å²) in [5.41, 5.74) is 4.59. The maximum Gasteiger partial charge on any atom is 0.222 e. The first-order chi connectivity index (χ1) is 4.33. The van der Waals surface area contributed by atoms with Crippen molar-refractivity contribution in [2.24, 2.45) is 5.73 Å². The van der Waals surface area contributed by atoms with Crippen LogP contribution in [0.15, 0.2) is 12.4 Å². The molecule has 0 aromatic carbocycles. The van der Waals surface area contributed by atoms with E-state index in [2.05, 4.69) is 6.58 Å². The molecule has 0 fully saturated rings.